The number of Topliss-reactive ketones (excluding diaryl/α,β-unsaturated/α-hetero) is 1. The van der Waals surface area contributed by atoms with Gasteiger partial charge in [0.2, 0.25) is 5.91 Å². The molecule has 0 fully saturated rings. The molecule has 18 heavy (non-hydrogen) atoms. The molecule has 0 spiro atoms. The van der Waals surface area contributed by atoms with E-state index in [4.69, 9.17) is 0 Å². The molecule has 0 aliphatic rings. The summed E-state index contributed by atoms with van der Waals surface area (Å²) in [5, 5.41) is 2.84. The molecule has 1 rings (SSSR count). The molecule has 0 aliphatic carbocycles. The fourth-order valence-corrected chi connectivity index (χ4v) is 1.80. The van der Waals surface area contributed by atoms with Crippen LogP contribution in [-0.2, 0) is 4.79 Å². The molecule has 3 heteroatoms. The van der Waals surface area contributed by atoms with Gasteiger partial charge in [-0.2, -0.15) is 0 Å². The molecule has 1 amide bonds. The number of nitrogens with one attached hydrogen (secondary N) is 1. The van der Waals surface area contributed by atoms with Gasteiger partial charge in [0.15, 0.2) is 5.78 Å². The number of hydrogen-bond acceptors (Lipinski definition) is 2. The first-order valence-electron chi connectivity index (χ1n) is 6.47. The highest BCUT2D eigenvalue weighted by Crippen LogP contribution is 2.18. The fraction of sp³-hybridized carbons (Fsp3) is 0.467. The minimum Gasteiger partial charge on any atom is -0.325 e. The van der Waals surface area contributed by atoms with Crippen LogP contribution in [0.5, 0.6) is 0 Å². The Labute approximate surface area is 109 Å². The van der Waals surface area contributed by atoms with Gasteiger partial charge in [-0.15, -0.1) is 0 Å². The van der Waals surface area contributed by atoms with Gasteiger partial charge in [0.25, 0.3) is 0 Å². The molecule has 1 aromatic rings. The quantitative estimate of drug-likeness (QED) is 0.780. The van der Waals surface area contributed by atoms with Crippen molar-refractivity contribution in [1.82, 2.24) is 0 Å². The van der Waals surface area contributed by atoms with Crippen LogP contribution >= 0.6 is 0 Å². The van der Waals surface area contributed by atoms with Crippen LogP contribution in [0.25, 0.3) is 0 Å². The van der Waals surface area contributed by atoms with Crippen molar-refractivity contribution >= 4 is 17.4 Å². The lowest BCUT2D eigenvalue weighted by Crippen LogP contribution is -2.21. The van der Waals surface area contributed by atoms with Crippen molar-refractivity contribution in [2.24, 2.45) is 5.92 Å². The van der Waals surface area contributed by atoms with E-state index in [0.717, 1.165) is 19.3 Å². The maximum atomic E-state index is 12.0. The Morgan fingerprint density at radius 2 is 1.94 bits per heavy atom. The van der Waals surface area contributed by atoms with E-state index >= 15 is 0 Å². The number of carbonyl (C=O) groups is 2. The highest BCUT2D eigenvalue weighted by molar-refractivity contribution is 6.04. The molecule has 1 atom stereocenters. The van der Waals surface area contributed by atoms with Crippen molar-refractivity contribution < 1.29 is 9.59 Å². The van der Waals surface area contributed by atoms with Crippen molar-refractivity contribution in [2.45, 2.75) is 40.0 Å². The second-order valence-corrected chi connectivity index (χ2v) is 4.63. The van der Waals surface area contributed by atoms with E-state index in [1.54, 1.807) is 18.2 Å². The van der Waals surface area contributed by atoms with Gasteiger partial charge >= 0.3 is 0 Å². The molecule has 0 saturated carbocycles. The van der Waals surface area contributed by atoms with E-state index < -0.39 is 0 Å². The molecule has 0 aliphatic heterocycles. The summed E-state index contributed by atoms with van der Waals surface area (Å²) >= 11 is 0. The van der Waals surface area contributed by atoms with Gasteiger partial charge in [-0.3, -0.25) is 9.59 Å². The number of unbranched alkanes of at least 4 members (excludes halogenated alkanes) is 1. The Hall–Kier alpha value is -1.64. The van der Waals surface area contributed by atoms with Crippen LogP contribution < -0.4 is 5.32 Å². The van der Waals surface area contributed by atoms with Crippen LogP contribution in [0.15, 0.2) is 24.3 Å². The van der Waals surface area contributed by atoms with Crippen molar-refractivity contribution in [3.63, 3.8) is 0 Å². The predicted molar refractivity (Wildman–Crippen MR) is 73.8 cm³/mol. The summed E-state index contributed by atoms with van der Waals surface area (Å²) < 4.78 is 0. The van der Waals surface area contributed by atoms with Crippen LogP contribution in [0.2, 0.25) is 0 Å². The fourth-order valence-electron chi connectivity index (χ4n) is 1.80. The highest BCUT2D eigenvalue weighted by atomic mass is 16.2. The van der Waals surface area contributed by atoms with E-state index in [1.807, 2.05) is 13.0 Å². The predicted octanol–water partition coefficient (Wildman–Crippen LogP) is 3.65. The molecule has 0 bridgehead atoms. The third kappa shape index (κ3) is 3.99. The minimum absolute atomic E-state index is 0.0165. The first-order chi connectivity index (χ1) is 8.56. The first kappa shape index (κ1) is 14.4. The molecule has 0 saturated heterocycles. The van der Waals surface area contributed by atoms with E-state index in [-0.39, 0.29) is 17.6 Å². The minimum atomic E-state index is -0.0351. The molecular weight excluding hydrogens is 226 g/mol. The number of amides is 1. The summed E-state index contributed by atoms with van der Waals surface area (Å²) in [7, 11) is 0. The van der Waals surface area contributed by atoms with Crippen molar-refractivity contribution in [1.29, 1.82) is 0 Å². The Kier molecular flexibility index (Phi) is 5.56. The molecule has 0 radical (unpaired) electrons. The van der Waals surface area contributed by atoms with Crippen molar-refractivity contribution in [3.8, 4) is 0 Å². The number of para-hydroxylation sites is 1. The lowest BCUT2D eigenvalue weighted by molar-refractivity contribution is -0.119. The zero-order chi connectivity index (χ0) is 13.5. The number of rotatable bonds is 6. The zero-order valence-electron chi connectivity index (χ0n) is 11.3. The van der Waals surface area contributed by atoms with Crippen LogP contribution in [0.1, 0.15) is 50.4 Å². The normalized spacial score (nSPS) is 11.9. The summed E-state index contributed by atoms with van der Waals surface area (Å²) in [6.45, 7) is 5.53. The van der Waals surface area contributed by atoms with Gasteiger partial charge in [-0.1, -0.05) is 38.8 Å². The number of ketones is 1. The zero-order valence-corrected chi connectivity index (χ0v) is 11.3. The summed E-state index contributed by atoms with van der Waals surface area (Å²) in [6, 6.07) is 7.11. The van der Waals surface area contributed by atoms with E-state index in [0.29, 0.717) is 11.3 Å². The average molecular weight is 247 g/mol. The maximum absolute atomic E-state index is 12.0. The van der Waals surface area contributed by atoms with E-state index in [2.05, 4.69) is 12.2 Å². The smallest absolute Gasteiger partial charge is 0.227 e. The summed E-state index contributed by atoms with van der Waals surface area (Å²) in [4.78, 5) is 23.4. The van der Waals surface area contributed by atoms with Gasteiger partial charge in [0.1, 0.15) is 0 Å². The van der Waals surface area contributed by atoms with Crippen molar-refractivity contribution in [2.75, 3.05) is 5.32 Å². The second kappa shape index (κ2) is 6.94. The van der Waals surface area contributed by atoms with Gasteiger partial charge in [0.05, 0.1) is 5.69 Å². The standard InChI is InChI=1S/C15H21NO2/c1-4-5-8-11(2)15(18)16-14-10-7-6-9-13(14)12(3)17/h6-7,9-11H,4-5,8H2,1-3H3,(H,16,18). The number of benzene rings is 1. The molecule has 3 nitrogen and oxygen atoms in total. The second-order valence-electron chi connectivity index (χ2n) is 4.63. The SMILES string of the molecule is CCCCC(C)C(=O)Nc1ccccc1C(C)=O. The summed E-state index contributed by atoms with van der Waals surface area (Å²) in [6.07, 6.45) is 3.01. The maximum Gasteiger partial charge on any atom is 0.227 e. The largest absolute Gasteiger partial charge is 0.325 e. The molecule has 1 unspecified atom stereocenters. The highest BCUT2D eigenvalue weighted by Gasteiger charge is 2.14. The third-order valence-electron chi connectivity index (χ3n) is 3.00. The van der Waals surface area contributed by atoms with Crippen LogP contribution in [0.3, 0.4) is 0 Å². The lowest BCUT2D eigenvalue weighted by Gasteiger charge is -2.13. The number of anilines is 1. The molecule has 0 heterocycles. The molecule has 0 aromatic heterocycles. The van der Waals surface area contributed by atoms with E-state index in [9.17, 15) is 9.59 Å². The molecular formula is C15H21NO2. The Morgan fingerprint density at radius 3 is 2.56 bits per heavy atom. The number of hydrogen-bond donors (Lipinski definition) is 1. The monoisotopic (exact) mass is 247 g/mol. The molecule has 1 N–H and O–H groups in total. The third-order valence-corrected chi connectivity index (χ3v) is 3.00. The molecule has 98 valence electrons. The van der Waals surface area contributed by atoms with Crippen LogP contribution in [0.4, 0.5) is 5.69 Å². The van der Waals surface area contributed by atoms with Gasteiger partial charge < -0.3 is 5.32 Å². The van der Waals surface area contributed by atoms with Crippen LogP contribution in [-0.4, -0.2) is 11.7 Å². The van der Waals surface area contributed by atoms with Crippen LogP contribution in [0, 0.1) is 5.92 Å². The average Bonchev–Trinajstić information content (AvgIpc) is 2.36. The van der Waals surface area contributed by atoms with E-state index in [1.165, 1.54) is 6.92 Å². The Bertz CT molecular complexity index is 426. The summed E-state index contributed by atoms with van der Waals surface area (Å²) in [5.41, 5.74) is 1.17. The lowest BCUT2D eigenvalue weighted by atomic mass is 10.0. The Morgan fingerprint density at radius 1 is 1.28 bits per heavy atom. The van der Waals surface area contributed by atoms with Gasteiger partial charge in [0, 0.05) is 11.5 Å². The topological polar surface area (TPSA) is 46.2 Å². The van der Waals surface area contributed by atoms with Crippen molar-refractivity contribution in [3.05, 3.63) is 29.8 Å². The number of carbonyl (C=O) groups excluding carboxylic acids is 2. The molecule has 1 aromatic carbocycles. The van der Waals surface area contributed by atoms with Gasteiger partial charge in [-0.05, 0) is 25.5 Å². The first-order valence-corrected chi connectivity index (χ1v) is 6.47. The summed E-state index contributed by atoms with van der Waals surface area (Å²) in [5.74, 6) is -0.0748. The Balaban J connectivity index is 2.72. The van der Waals surface area contributed by atoms with Gasteiger partial charge in [-0.25, -0.2) is 0 Å².